The largest absolute Gasteiger partial charge is 0.465 e. The molecule has 0 aliphatic rings. The van der Waals surface area contributed by atoms with Crippen LogP contribution >= 0.6 is 12.6 Å². The Kier molecular flexibility index (Phi) is 7.68. The summed E-state index contributed by atoms with van der Waals surface area (Å²) in [5, 5.41) is -0.313. The van der Waals surface area contributed by atoms with Crippen LogP contribution in [0.2, 0.25) is 0 Å². The molecule has 0 amide bonds. The highest BCUT2D eigenvalue weighted by molar-refractivity contribution is 7.80. The van der Waals surface area contributed by atoms with Gasteiger partial charge in [-0.1, -0.05) is 29.8 Å². The van der Waals surface area contributed by atoms with Crippen molar-refractivity contribution in [3.05, 3.63) is 47.4 Å². The fourth-order valence-corrected chi connectivity index (χ4v) is 3.60. The number of fused-ring (bicyclic) bond motifs is 1. The smallest absolute Gasteiger partial charge is 0.302 e. The predicted octanol–water partition coefficient (Wildman–Crippen LogP) is 2.87. The lowest BCUT2D eigenvalue weighted by Crippen LogP contribution is -2.21. The van der Waals surface area contributed by atoms with Crippen LogP contribution in [-0.2, 0) is 25.6 Å². The van der Waals surface area contributed by atoms with Crippen molar-refractivity contribution in [2.45, 2.75) is 39.0 Å². The number of hydrogen-bond acceptors (Lipinski definition) is 9. The molecular formula is C22H27N5O4S. The van der Waals surface area contributed by atoms with Crippen molar-refractivity contribution in [2.24, 2.45) is 5.92 Å². The number of thiol groups is 1. The van der Waals surface area contributed by atoms with Gasteiger partial charge in [-0.05, 0) is 18.9 Å². The van der Waals surface area contributed by atoms with Crippen LogP contribution in [0.15, 0.2) is 30.6 Å². The first-order valence-corrected chi connectivity index (χ1v) is 10.8. The van der Waals surface area contributed by atoms with Gasteiger partial charge in [-0.15, -0.1) is 0 Å². The topological polar surface area (TPSA) is 122 Å². The van der Waals surface area contributed by atoms with E-state index >= 15 is 0 Å². The summed E-state index contributed by atoms with van der Waals surface area (Å²) >= 11 is 4.76. The Morgan fingerprint density at radius 3 is 2.31 bits per heavy atom. The summed E-state index contributed by atoms with van der Waals surface area (Å²) in [5.41, 5.74) is 9.99. The molecule has 0 saturated heterocycles. The third kappa shape index (κ3) is 5.97. The molecule has 0 bridgehead atoms. The molecule has 0 fully saturated rings. The fourth-order valence-electron chi connectivity index (χ4n) is 3.25. The minimum Gasteiger partial charge on any atom is -0.465 e. The minimum absolute atomic E-state index is 0.136. The Bertz CT molecular complexity index is 1080. The van der Waals surface area contributed by atoms with E-state index in [0.717, 1.165) is 11.1 Å². The molecule has 9 nitrogen and oxygen atoms in total. The Balaban J connectivity index is 1.82. The molecule has 2 aromatic heterocycles. The molecule has 10 heteroatoms. The second-order valence-corrected chi connectivity index (χ2v) is 8.17. The zero-order valence-electron chi connectivity index (χ0n) is 18.3. The molecule has 0 aliphatic carbocycles. The van der Waals surface area contributed by atoms with E-state index in [0.29, 0.717) is 29.8 Å². The lowest BCUT2D eigenvalue weighted by molar-refractivity contribution is -0.146. The van der Waals surface area contributed by atoms with Crippen molar-refractivity contribution >= 4 is 41.7 Å². The molecule has 0 saturated carbocycles. The van der Waals surface area contributed by atoms with Crippen molar-refractivity contribution in [2.75, 3.05) is 18.9 Å². The highest BCUT2D eigenvalue weighted by atomic mass is 32.1. The molecule has 3 rings (SSSR count). The van der Waals surface area contributed by atoms with E-state index in [-0.39, 0.29) is 42.3 Å². The molecule has 3 aromatic rings. The van der Waals surface area contributed by atoms with Gasteiger partial charge in [-0.25, -0.2) is 9.97 Å². The standard InChI is InChI=1S/C22H27N5O4S/c1-13-4-6-17(7-5-13)20(32)18-19-21(26-22(23)25-18)27(12-24-19)9-8-16(10-30-14(2)28)11-31-15(3)29/h4-7,12,16,20,32H,8-11H2,1-3H3,(H2,23,25,26). The number of benzene rings is 1. The van der Waals surface area contributed by atoms with Crippen molar-refractivity contribution in [1.82, 2.24) is 19.5 Å². The van der Waals surface area contributed by atoms with Gasteiger partial charge in [-0.2, -0.15) is 17.6 Å². The number of aromatic nitrogens is 4. The van der Waals surface area contributed by atoms with E-state index in [4.69, 9.17) is 27.8 Å². The zero-order valence-corrected chi connectivity index (χ0v) is 19.2. The van der Waals surface area contributed by atoms with E-state index < -0.39 is 0 Å². The van der Waals surface area contributed by atoms with Gasteiger partial charge in [0.1, 0.15) is 5.52 Å². The molecular weight excluding hydrogens is 430 g/mol. The van der Waals surface area contributed by atoms with Crippen LogP contribution in [0.5, 0.6) is 0 Å². The average molecular weight is 458 g/mol. The summed E-state index contributed by atoms with van der Waals surface area (Å²) in [6.07, 6.45) is 2.25. The van der Waals surface area contributed by atoms with Crippen LogP contribution in [0.1, 0.15) is 42.3 Å². The van der Waals surface area contributed by atoms with Gasteiger partial charge in [0.05, 0.1) is 30.5 Å². The van der Waals surface area contributed by atoms with E-state index in [2.05, 4.69) is 15.0 Å². The van der Waals surface area contributed by atoms with Crippen LogP contribution in [-0.4, -0.2) is 44.7 Å². The Labute approximate surface area is 191 Å². The first kappa shape index (κ1) is 23.5. The summed E-state index contributed by atoms with van der Waals surface area (Å²) in [5.74, 6) is -0.792. The first-order chi connectivity index (χ1) is 15.2. The number of rotatable bonds is 9. The van der Waals surface area contributed by atoms with Crippen LogP contribution in [0.3, 0.4) is 0 Å². The summed E-state index contributed by atoms with van der Waals surface area (Å²) in [7, 11) is 0. The average Bonchev–Trinajstić information content (AvgIpc) is 3.15. The number of nitrogen functional groups attached to an aromatic ring is 1. The van der Waals surface area contributed by atoms with Gasteiger partial charge in [-0.3, -0.25) is 9.59 Å². The second kappa shape index (κ2) is 10.4. The molecule has 0 spiro atoms. The molecule has 1 unspecified atom stereocenters. The highest BCUT2D eigenvalue weighted by Crippen LogP contribution is 2.31. The number of carbonyl (C=O) groups excluding carboxylic acids is 2. The second-order valence-electron chi connectivity index (χ2n) is 7.65. The number of ether oxygens (including phenoxy) is 2. The van der Waals surface area contributed by atoms with Gasteiger partial charge in [0, 0.05) is 26.3 Å². The highest BCUT2D eigenvalue weighted by Gasteiger charge is 2.20. The SMILES string of the molecule is CC(=O)OCC(CCn1cnc2c(C(S)c3ccc(C)cc3)nc(N)nc21)COC(C)=O. The molecule has 2 N–H and O–H groups in total. The number of aryl methyl sites for hydroxylation is 2. The van der Waals surface area contributed by atoms with Gasteiger partial charge in [0.25, 0.3) is 0 Å². The number of nitrogens with zero attached hydrogens (tertiary/aromatic N) is 4. The Hall–Kier alpha value is -3.14. The van der Waals surface area contributed by atoms with Crippen LogP contribution in [0.25, 0.3) is 11.2 Å². The lowest BCUT2D eigenvalue weighted by atomic mass is 10.1. The van der Waals surface area contributed by atoms with Gasteiger partial charge in [0.2, 0.25) is 5.95 Å². The maximum atomic E-state index is 11.2. The third-order valence-electron chi connectivity index (χ3n) is 4.98. The zero-order chi connectivity index (χ0) is 23.3. The molecule has 0 aliphatic heterocycles. The Morgan fingerprint density at radius 1 is 1.09 bits per heavy atom. The lowest BCUT2D eigenvalue weighted by Gasteiger charge is -2.17. The number of carbonyl (C=O) groups is 2. The first-order valence-electron chi connectivity index (χ1n) is 10.2. The number of imidazole rings is 1. The van der Waals surface area contributed by atoms with Crippen molar-refractivity contribution < 1.29 is 19.1 Å². The van der Waals surface area contributed by atoms with E-state index in [9.17, 15) is 9.59 Å². The molecule has 1 atom stereocenters. The minimum atomic E-state index is -0.382. The summed E-state index contributed by atoms with van der Waals surface area (Å²) < 4.78 is 12.1. The normalized spacial score (nSPS) is 12.2. The maximum absolute atomic E-state index is 11.2. The number of hydrogen-bond donors (Lipinski definition) is 2. The van der Waals surface area contributed by atoms with Crippen molar-refractivity contribution in [3.8, 4) is 0 Å². The summed E-state index contributed by atoms with van der Waals surface area (Å²) in [6, 6.07) is 8.04. The fraction of sp³-hybridized carbons (Fsp3) is 0.409. The van der Waals surface area contributed by atoms with E-state index in [1.165, 1.54) is 13.8 Å². The Morgan fingerprint density at radius 2 is 1.72 bits per heavy atom. The molecule has 1 aromatic carbocycles. The van der Waals surface area contributed by atoms with Gasteiger partial charge < -0.3 is 19.8 Å². The van der Waals surface area contributed by atoms with Crippen molar-refractivity contribution in [1.29, 1.82) is 0 Å². The quantitative estimate of drug-likeness (QED) is 0.371. The van der Waals surface area contributed by atoms with Gasteiger partial charge >= 0.3 is 11.9 Å². The summed E-state index contributed by atoms with van der Waals surface area (Å²) in [6.45, 7) is 5.54. The van der Waals surface area contributed by atoms with E-state index in [1.807, 2.05) is 35.8 Å². The van der Waals surface area contributed by atoms with Gasteiger partial charge in [0.15, 0.2) is 5.65 Å². The number of anilines is 1. The molecule has 2 heterocycles. The maximum Gasteiger partial charge on any atom is 0.302 e. The molecule has 0 radical (unpaired) electrons. The number of nitrogens with two attached hydrogens (primary N) is 1. The monoisotopic (exact) mass is 457 g/mol. The van der Waals surface area contributed by atoms with Crippen LogP contribution in [0.4, 0.5) is 5.95 Å². The van der Waals surface area contributed by atoms with Crippen LogP contribution in [0, 0.1) is 12.8 Å². The van der Waals surface area contributed by atoms with E-state index in [1.54, 1.807) is 6.33 Å². The molecule has 170 valence electrons. The third-order valence-corrected chi connectivity index (χ3v) is 5.53. The predicted molar refractivity (Wildman–Crippen MR) is 123 cm³/mol. The number of esters is 2. The molecule has 32 heavy (non-hydrogen) atoms. The van der Waals surface area contributed by atoms with Crippen LogP contribution < -0.4 is 5.73 Å². The van der Waals surface area contributed by atoms with Crippen molar-refractivity contribution in [3.63, 3.8) is 0 Å². The summed E-state index contributed by atoms with van der Waals surface area (Å²) in [4.78, 5) is 35.7.